The van der Waals surface area contributed by atoms with Crippen molar-refractivity contribution in [3.63, 3.8) is 0 Å². The third-order valence-corrected chi connectivity index (χ3v) is 5.13. The third-order valence-electron chi connectivity index (χ3n) is 5.13. The third kappa shape index (κ3) is 3.69. The van der Waals surface area contributed by atoms with Gasteiger partial charge in [0, 0.05) is 25.6 Å². The molecule has 1 aliphatic carbocycles. The second kappa shape index (κ2) is 7.27. The van der Waals surface area contributed by atoms with Crippen LogP contribution in [0.1, 0.15) is 26.1 Å². The summed E-state index contributed by atoms with van der Waals surface area (Å²) in [5.41, 5.74) is 2.24. The topological polar surface area (TPSA) is 74.3 Å². The lowest BCUT2D eigenvalue weighted by molar-refractivity contribution is -0.0922. The van der Waals surface area contributed by atoms with E-state index in [1.807, 2.05) is 24.4 Å². The van der Waals surface area contributed by atoms with Gasteiger partial charge in [0.15, 0.2) is 5.96 Å². The lowest BCUT2D eigenvalue weighted by Gasteiger charge is -2.51. The molecule has 1 aliphatic rings. The van der Waals surface area contributed by atoms with Crippen LogP contribution in [0.3, 0.4) is 0 Å². The highest BCUT2D eigenvalue weighted by Crippen LogP contribution is 2.42. The zero-order valence-electron chi connectivity index (χ0n) is 15.3. The van der Waals surface area contributed by atoms with E-state index in [9.17, 15) is 0 Å². The number of hydrogen-bond acceptors (Lipinski definition) is 3. The summed E-state index contributed by atoms with van der Waals surface area (Å²) < 4.78 is 5.51. The summed E-state index contributed by atoms with van der Waals surface area (Å²) in [4.78, 5) is 12.1. The molecule has 1 heterocycles. The second-order valence-electron chi connectivity index (χ2n) is 7.01. The standard InChI is InChI=1S/C19H27N5O/c1-19(2)15(10-16(19)25-4)24-18(20-3)22-12-17-21-11-14(23-17)13-8-6-5-7-9-13/h5-9,11,15-16H,10,12H2,1-4H3,(H,21,23)(H2,20,22,24). The quantitative estimate of drug-likeness (QED) is 0.577. The highest BCUT2D eigenvalue weighted by molar-refractivity contribution is 5.80. The van der Waals surface area contributed by atoms with E-state index < -0.39 is 0 Å². The number of hydrogen-bond donors (Lipinski definition) is 3. The number of aromatic amines is 1. The van der Waals surface area contributed by atoms with Gasteiger partial charge in [-0.15, -0.1) is 0 Å². The molecular weight excluding hydrogens is 314 g/mol. The molecule has 0 spiro atoms. The second-order valence-corrected chi connectivity index (χ2v) is 7.01. The molecule has 0 aliphatic heterocycles. The number of aromatic nitrogens is 2. The predicted octanol–water partition coefficient (Wildman–Crippen LogP) is 2.56. The molecule has 0 bridgehead atoms. The van der Waals surface area contributed by atoms with Crippen molar-refractivity contribution in [2.75, 3.05) is 14.2 Å². The molecule has 1 aromatic carbocycles. The van der Waals surface area contributed by atoms with E-state index in [-0.39, 0.29) is 5.41 Å². The number of imidazole rings is 1. The summed E-state index contributed by atoms with van der Waals surface area (Å²) in [6.07, 6.45) is 3.14. The molecule has 0 saturated heterocycles. The molecule has 1 saturated carbocycles. The molecule has 3 N–H and O–H groups in total. The van der Waals surface area contributed by atoms with Crippen LogP contribution in [0, 0.1) is 5.41 Å². The Morgan fingerprint density at radius 3 is 2.76 bits per heavy atom. The van der Waals surface area contributed by atoms with Crippen molar-refractivity contribution in [1.29, 1.82) is 0 Å². The summed E-state index contributed by atoms with van der Waals surface area (Å²) in [6, 6.07) is 10.5. The van der Waals surface area contributed by atoms with E-state index in [0.717, 1.165) is 29.5 Å². The molecule has 0 radical (unpaired) electrons. The number of benzene rings is 1. The fourth-order valence-electron chi connectivity index (χ4n) is 3.27. The van der Waals surface area contributed by atoms with Gasteiger partial charge in [-0.2, -0.15) is 0 Å². The summed E-state index contributed by atoms with van der Waals surface area (Å²) in [7, 11) is 3.56. The van der Waals surface area contributed by atoms with Crippen LogP contribution >= 0.6 is 0 Å². The molecule has 25 heavy (non-hydrogen) atoms. The van der Waals surface area contributed by atoms with E-state index in [0.29, 0.717) is 18.7 Å². The first-order valence-corrected chi connectivity index (χ1v) is 8.64. The molecule has 134 valence electrons. The van der Waals surface area contributed by atoms with E-state index in [1.165, 1.54) is 0 Å². The molecule has 2 aromatic rings. The number of nitrogens with zero attached hydrogens (tertiary/aromatic N) is 2. The smallest absolute Gasteiger partial charge is 0.191 e. The molecule has 1 fully saturated rings. The van der Waals surface area contributed by atoms with Crippen LogP contribution in [0.25, 0.3) is 11.3 Å². The predicted molar refractivity (Wildman–Crippen MR) is 100 cm³/mol. The Balaban J connectivity index is 1.55. The van der Waals surface area contributed by atoms with E-state index in [2.05, 4.69) is 51.6 Å². The average Bonchev–Trinajstić information content (AvgIpc) is 3.10. The number of methoxy groups -OCH3 is 1. The Morgan fingerprint density at radius 1 is 1.36 bits per heavy atom. The minimum Gasteiger partial charge on any atom is -0.381 e. The molecule has 0 amide bonds. The Labute approximate surface area is 149 Å². The Morgan fingerprint density at radius 2 is 2.12 bits per heavy atom. The first-order chi connectivity index (χ1) is 12.0. The fourth-order valence-corrected chi connectivity index (χ4v) is 3.27. The minimum atomic E-state index is 0.0948. The molecular formula is C19H27N5O. The van der Waals surface area contributed by atoms with Gasteiger partial charge in [0.25, 0.3) is 0 Å². The van der Waals surface area contributed by atoms with Gasteiger partial charge in [-0.3, -0.25) is 4.99 Å². The van der Waals surface area contributed by atoms with Gasteiger partial charge in [0.2, 0.25) is 0 Å². The van der Waals surface area contributed by atoms with Crippen LogP contribution in [0.4, 0.5) is 0 Å². The Kier molecular flexibility index (Phi) is 5.08. The highest BCUT2D eigenvalue weighted by atomic mass is 16.5. The van der Waals surface area contributed by atoms with Crippen molar-refractivity contribution in [2.45, 2.75) is 39.0 Å². The molecule has 3 rings (SSSR count). The van der Waals surface area contributed by atoms with Crippen molar-refractivity contribution in [3.05, 3.63) is 42.4 Å². The normalized spacial score (nSPS) is 22.3. The first-order valence-electron chi connectivity index (χ1n) is 8.64. The number of rotatable bonds is 5. The summed E-state index contributed by atoms with van der Waals surface area (Å²) in [5.74, 6) is 1.66. The van der Waals surface area contributed by atoms with Gasteiger partial charge in [-0.1, -0.05) is 44.2 Å². The summed E-state index contributed by atoms with van der Waals surface area (Å²) in [6.45, 7) is 5.02. The Hall–Kier alpha value is -2.34. The van der Waals surface area contributed by atoms with Crippen LogP contribution in [0.5, 0.6) is 0 Å². The SMILES string of the molecule is CN=C(NCc1ncc(-c2ccccc2)[nH]1)NC1CC(OC)C1(C)C. The maximum absolute atomic E-state index is 5.51. The number of guanidine groups is 1. The van der Waals surface area contributed by atoms with Crippen molar-refractivity contribution >= 4 is 5.96 Å². The van der Waals surface area contributed by atoms with Crippen molar-refractivity contribution in [3.8, 4) is 11.3 Å². The van der Waals surface area contributed by atoms with Crippen LogP contribution in [0.2, 0.25) is 0 Å². The van der Waals surface area contributed by atoms with Crippen molar-refractivity contribution in [2.24, 2.45) is 10.4 Å². The average molecular weight is 341 g/mol. The van der Waals surface area contributed by atoms with Crippen molar-refractivity contribution < 1.29 is 4.74 Å². The van der Waals surface area contributed by atoms with Gasteiger partial charge < -0.3 is 20.4 Å². The molecule has 2 atom stereocenters. The highest BCUT2D eigenvalue weighted by Gasteiger charge is 2.48. The van der Waals surface area contributed by atoms with E-state index in [4.69, 9.17) is 4.74 Å². The molecule has 6 nitrogen and oxygen atoms in total. The maximum Gasteiger partial charge on any atom is 0.191 e. The summed E-state index contributed by atoms with van der Waals surface area (Å²) in [5, 5.41) is 6.81. The van der Waals surface area contributed by atoms with Gasteiger partial charge in [-0.05, 0) is 12.0 Å². The number of nitrogens with one attached hydrogen (secondary N) is 3. The van der Waals surface area contributed by atoms with Crippen LogP contribution < -0.4 is 10.6 Å². The number of ether oxygens (including phenoxy) is 1. The zero-order chi connectivity index (χ0) is 17.9. The van der Waals surface area contributed by atoms with Crippen LogP contribution in [-0.2, 0) is 11.3 Å². The zero-order valence-corrected chi connectivity index (χ0v) is 15.3. The summed E-state index contributed by atoms with van der Waals surface area (Å²) >= 11 is 0. The molecule has 1 aromatic heterocycles. The Bertz CT molecular complexity index is 722. The van der Waals surface area contributed by atoms with Gasteiger partial charge >= 0.3 is 0 Å². The van der Waals surface area contributed by atoms with E-state index >= 15 is 0 Å². The molecule has 6 heteroatoms. The first kappa shape index (κ1) is 17.5. The fraction of sp³-hybridized carbons (Fsp3) is 0.474. The van der Waals surface area contributed by atoms with Crippen LogP contribution in [0.15, 0.2) is 41.5 Å². The largest absolute Gasteiger partial charge is 0.381 e. The van der Waals surface area contributed by atoms with Gasteiger partial charge in [0.1, 0.15) is 5.82 Å². The van der Waals surface area contributed by atoms with Gasteiger partial charge in [-0.25, -0.2) is 4.98 Å². The van der Waals surface area contributed by atoms with Gasteiger partial charge in [0.05, 0.1) is 24.5 Å². The minimum absolute atomic E-state index is 0.0948. The number of aliphatic imine (C=N–C) groups is 1. The lowest BCUT2D eigenvalue weighted by atomic mass is 9.64. The number of H-pyrrole nitrogens is 1. The van der Waals surface area contributed by atoms with Crippen LogP contribution in [-0.4, -0.2) is 42.2 Å². The lowest BCUT2D eigenvalue weighted by Crippen LogP contribution is -2.63. The molecule has 2 unspecified atom stereocenters. The van der Waals surface area contributed by atoms with E-state index in [1.54, 1.807) is 14.2 Å². The maximum atomic E-state index is 5.51. The van der Waals surface area contributed by atoms with Crippen molar-refractivity contribution in [1.82, 2.24) is 20.6 Å². The monoisotopic (exact) mass is 341 g/mol.